The van der Waals surface area contributed by atoms with E-state index < -0.39 is 0 Å². The van der Waals surface area contributed by atoms with Gasteiger partial charge in [0.1, 0.15) is 28.5 Å². The summed E-state index contributed by atoms with van der Waals surface area (Å²) in [6.45, 7) is 3.54. The van der Waals surface area contributed by atoms with Crippen molar-refractivity contribution >= 4 is 23.4 Å². The monoisotopic (exact) mass is 523 g/mol. The van der Waals surface area contributed by atoms with E-state index >= 15 is 0 Å². The van der Waals surface area contributed by atoms with Gasteiger partial charge >= 0.3 is 0 Å². The predicted octanol–water partition coefficient (Wildman–Crippen LogP) is 2.85. The number of carbonyl (C=O) groups excluding carboxylic acids is 1. The summed E-state index contributed by atoms with van der Waals surface area (Å²) in [6, 6.07) is 19.2. The summed E-state index contributed by atoms with van der Waals surface area (Å²) in [5.41, 5.74) is 15.0. The van der Waals surface area contributed by atoms with Gasteiger partial charge in [-0.15, -0.1) is 0 Å². The number of pyridine rings is 1. The number of hydrogen-bond donors (Lipinski definition) is 4. The Kier molecular flexibility index (Phi) is 7.36. The molecule has 2 aromatic carbocycles. The first-order valence-corrected chi connectivity index (χ1v) is 13.2. The molecule has 1 atom stereocenters. The fourth-order valence-electron chi connectivity index (χ4n) is 5.11. The van der Waals surface area contributed by atoms with Crippen molar-refractivity contribution in [1.29, 1.82) is 0 Å². The Morgan fingerprint density at radius 3 is 2.46 bits per heavy atom. The number of ether oxygens (including phenoxy) is 1. The molecule has 0 radical (unpaired) electrons. The first-order valence-electron chi connectivity index (χ1n) is 13.2. The van der Waals surface area contributed by atoms with Gasteiger partial charge < -0.3 is 20.7 Å². The minimum Gasteiger partial charge on any atom is -0.483 e. The average Bonchev–Trinajstić information content (AvgIpc) is 2.94. The molecule has 1 aliphatic heterocycles. The maximum atomic E-state index is 12.6. The molecule has 1 amide bonds. The van der Waals surface area contributed by atoms with E-state index in [4.69, 9.17) is 21.6 Å². The van der Waals surface area contributed by atoms with E-state index in [-0.39, 0.29) is 29.2 Å². The number of hydrogen-bond acceptors (Lipinski definition) is 5. The van der Waals surface area contributed by atoms with Gasteiger partial charge in [0.05, 0.1) is 0 Å². The van der Waals surface area contributed by atoms with Crippen molar-refractivity contribution < 1.29 is 14.9 Å². The first-order chi connectivity index (χ1) is 18.8. The lowest BCUT2D eigenvalue weighted by Crippen LogP contribution is -2.47. The minimum absolute atomic E-state index is 0.0468. The van der Waals surface area contributed by atoms with E-state index in [9.17, 15) is 4.79 Å². The Bertz CT molecular complexity index is 1410. The van der Waals surface area contributed by atoms with Crippen LogP contribution in [0.4, 0.5) is 11.6 Å². The number of nitrogens with zero attached hydrogens (tertiary/aromatic N) is 2. The molecular weight excluding hydrogens is 488 g/mol. The Balaban J connectivity index is 1.32. The molecule has 200 valence electrons. The van der Waals surface area contributed by atoms with E-state index in [0.29, 0.717) is 11.1 Å². The second-order valence-electron chi connectivity index (χ2n) is 10.3. The van der Waals surface area contributed by atoms with E-state index in [1.807, 2.05) is 72.8 Å². The van der Waals surface area contributed by atoms with Crippen LogP contribution in [0.3, 0.4) is 0 Å². The molecule has 5 rings (SSSR count). The summed E-state index contributed by atoms with van der Waals surface area (Å²) in [5.74, 6) is 1.89. The topological polar surface area (TPSA) is 132 Å². The van der Waals surface area contributed by atoms with Crippen LogP contribution in [-0.4, -0.2) is 41.5 Å². The highest BCUT2D eigenvalue weighted by Gasteiger charge is 2.26. The molecule has 1 aromatic heterocycles. The van der Waals surface area contributed by atoms with Crippen LogP contribution >= 0.6 is 0 Å². The molecule has 1 unspecified atom stereocenters. The third-order valence-electron chi connectivity index (χ3n) is 7.25. The smallest absolute Gasteiger partial charge is 0.275 e. The van der Waals surface area contributed by atoms with Crippen LogP contribution in [0.15, 0.2) is 85.0 Å². The Hall–Kier alpha value is -4.59. The lowest BCUT2D eigenvalue weighted by Gasteiger charge is -2.33. The van der Waals surface area contributed by atoms with Gasteiger partial charge in [-0.2, -0.15) is 0 Å². The number of anilines is 2. The van der Waals surface area contributed by atoms with Crippen LogP contribution < -0.4 is 31.8 Å². The number of amidine groups is 1. The molecule has 3 aromatic rings. The zero-order chi connectivity index (χ0) is 27.4. The fourth-order valence-corrected chi connectivity index (χ4v) is 5.11. The first kappa shape index (κ1) is 26.0. The molecule has 2 heterocycles. The van der Waals surface area contributed by atoms with Gasteiger partial charge in [-0.25, -0.2) is 4.98 Å². The van der Waals surface area contributed by atoms with Crippen LogP contribution in [0.1, 0.15) is 42.1 Å². The molecule has 0 spiro atoms. The average molecular weight is 524 g/mol. The second kappa shape index (κ2) is 11.0. The van der Waals surface area contributed by atoms with Crippen LogP contribution in [0.5, 0.6) is 5.75 Å². The Labute approximate surface area is 228 Å². The lowest BCUT2D eigenvalue weighted by molar-refractivity contribution is -0.114. The summed E-state index contributed by atoms with van der Waals surface area (Å²) < 4.78 is 6.25. The largest absolute Gasteiger partial charge is 0.483 e. The molecule has 39 heavy (non-hydrogen) atoms. The number of aromatic nitrogens is 1. The third-order valence-corrected chi connectivity index (χ3v) is 7.25. The normalized spacial score (nSPS) is 19.1. The SMILES string of the molecule is CC1(Oc2ccc(-c3cc(N4CCC(NC(=O)c5ccccc5)CC4)nc(N)c3C(N)=[NH2+])cc2)C=CC=CC1. The standard InChI is InChI=1S/C31H34N6O2/c1-31(16-6-3-7-17-31)39-24-12-10-21(11-13-24)25-20-26(36-29(34)27(25)28(32)33)37-18-14-23(15-19-37)35-30(38)22-8-4-2-5-9-22/h2-13,16,20,23H,14-15,17-19H2,1H3,(H3,32,33)(H2,34,36)(H,35,38)/p+1. The van der Waals surface area contributed by atoms with Gasteiger partial charge in [-0.3, -0.25) is 15.9 Å². The van der Waals surface area contributed by atoms with Gasteiger partial charge in [0.15, 0.2) is 0 Å². The van der Waals surface area contributed by atoms with Crippen LogP contribution in [0, 0.1) is 0 Å². The van der Waals surface area contributed by atoms with Gasteiger partial charge in [0.25, 0.3) is 11.7 Å². The van der Waals surface area contributed by atoms with Gasteiger partial charge in [-0.1, -0.05) is 48.6 Å². The molecule has 1 fully saturated rings. The number of nitrogen functional groups attached to an aromatic ring is 1. The summed E-state index contributed by atoms with van der Waals surface area (Å²) in [4.78, 5) is 19.4. The third kappa shape index (κ3) is 5.95. The number of nitrogens with two attached hydrogens (primary N) is 3. The highest BCUT2D eigenvalue weighted by molar-refractivity contribution is 6.04. The number of benzene rings is 2. The number of amides is 1. The zero-order valence-electron chi connectivity index (χ0n) is 22.1. The molecule has 1 saturated heterocycles. The number of rotatable bonds is 7. The summed E-state index contributed by atoms with van der Waals surface area (Å²) in [6.07, 6.45) is 10.6. The number of carbonyl (C=O) groups is 1. The van der Waals surface area contributed by atoms with Crippen molar-refractivity contribution in [3.63, 3.8) is 0 Å². The van der Waals surface area contributed by atoms with Crippen molar-refractivity contribution in [1.82, 2.24) is 10.3 Å². The highest BCUT2D eigenvalue weighted by atomic mass is 16.5. The van der Waals surface area contributed by atoms with Crippen molar-refractivity contribution in [3.8, 4) is 16.9 Å². The summed E-state index contributed by atoms with van der Waals surface area (Å²) >= 11 is 0. The van der Waals surface area contributed by atoms with Crippen molar-refractivity contribution in [2.24, 2.45) is 5.73 Å². The van der Waals surface area contributed by atoms with Gasteiger partial charge in [-0.05, 0) is 61.7 Å². The van der Waals surface area contributed by atoms with E-state index in [1.165, 1.54) is 0 Å². The zero-order valence-corrected chi connectivity index (χ0v) is 22.1. The fraction of sp³-hybridized carbons (Fsp3) is 0.258. The van der Waals surface area contributed by atoms with Crippen molar-refractivity contribution in [2.75, 3.05) is 23.7 Å². The maximum absolute atomic E-state index is 12.6. The second-order valence-corrected chi connectivity index (χ2v) is 10.3. The van der Waals surface area contributed by atoms with E-state index in [1.54, 1.807) is 0 Å². The lowest BCUT2D eigenvalue weighted by atomic mass is 9.97. The summed E-state index contributed by atoms with van der Waals surface area (Å²) in [5, 5.41) is 9.20. The van der Waals surface area contributed by atoms with E-state index in [0.717, 1.165) is 55.0 Å². The molecule has 8 nitrogen and oxygen atoms in total. The number of piperidine rings is 1. The Morgan fingerprint density at radius 2 is 1.82 bits per heavy atom. The molecule has 7 N–H and O–H groups in total. The predicted molar refractivity (Wildman–Crippen MR) is 155 cm³/mol. The molecule has 2 aliphatic rings. The highest BCUT2D eigenvalue weighted by Crippen LogP contribution is 2.33. The number of nitrogens with one attached hydrogen (secondary N) is 1. The van der Waals surface area contributed by atoms with Crippen LogP contribution in [0.2, 0.25) is 0 Å². The molecule has 0 bridgehead atoms. The summed E-state index contributed by atoms with van der Waals surface area (Å²) in [7, 11) is 0. The quantitative estimate of drug-likeness (QED) is 0.278. The maximum Gasteiger partial charge on any atom is 0.275 e. The number of allylic oxidation sites excluding steroid dienone is 2. The van der Waals surface area contributed by atoms with Gasteiger partial charge in [0.2, 0.25) is 0 Å². The molecular formula is C31H35N6O2+. The van der Waals surface area contributed by atoms with E-state index in [2.05, 4.69) is 34.3 Å². The molecule has 8 heteroatoms. The van der Waals surface area contributed by atoms with Crippen molar-refractivity contribution in [3.05, 3.63) is 96.1 Å². The van der Waals surface area contributed by atoms with Gasteiger partial charge in [0, 0.05) is 36.7 Å². The van der Waals surface area contributed by atoms with Crippen molar-refractivity contribution in [2.45, 2.75) is 37.8 Å². The Morgan fingerprint density at radius 1 is 1.10 bits per heavy atom. The van der Waals surface area contributed by atoms with Crippen LogP contribution in [-0.2, 0) is 0 Å². The van der Waals surface area contributed by atoms with Crippen LogP contribution in [0.25, 0.3) is 11.1 Å². The molecule has 1 aliphatic carbocycles. The minimum atomic E-state index is -0.377. The molecule has 0 saturated carbocycles.